The van der Waals surface area contributed by atoms with Gasteiger partial charge in [0.25, 0.3) is 0 Å². The smallest absolute Gasteiger partial charge is 0.240 e. The molecule has 1 atom stereocenters. The van der Waals surface area contributed by atoms with Crippen molar-refractivity contribution in [3.8, 4) is 0 Å². The second kappa shape index (κ2) is 12.9. The predicted molar refractivity (Wildman–Crippen MR) is 128 cm³/mol. The Kier molecular flexibility index (Phi) is 10.7. The van der Waals surface area contributed by atoms with Crippen LogP contribution in [0.5, 0.6) is 0 Å². The Balaban J connectivity index is 2.05. The first kappa shape index (κ1) is 25.5. The number of hydrogen-bond donors (Lipinski definition) is 4. The van der Waals surface area contributed by atoms with Gasteiger partial charge < -0.3 is 15.7 Å². The Bertz CT molecular complexity index is 923. The Morgan fingerprint density at radius 2 is 1.94 bits per heavy atom. The van der Waals surface area contributed by atoms with Crippen LogP contribution >= 0.6 is 15.9 Å². The standard InChI is InChI=1S/C21H32BrN5O3S/c1-3-5-6-7-8-12-24-31(29,30)18-11-9-10-17(13-18)26-21-23-14-19(22)20(27-21)25-16(4-2)15-28/h9-11,13-14,16,24,28H,3-8,12,15H2,1-2H3,(H2,23,25,26,27)/t16-/m1/s1. The van der Waals surface area contributed by atoms with Gasteiger partial charge in [0.05, 0.1) is 22.0 Å². The highest BCUT2D eigenvalue weighted by Crippen LogP contribution is 2.24. The van der Waals surface area contributed by atoms with Gasteiger partial charge in [-0.05, 0) is 47.0 Å². The maximum Gasteiger partial charge on any atom is 0.240 e. The number of nitrogens with zero attached hydrogens (tertiary/aromatic N) is 2. The molecule has 0 radical (unpaired) electrons. The fourth-order valence-corrected chi connectivity index (χ4v) is 4.31. The van der Waals surface area contributed by atoms with Crippen molar-refractivity contribution in [1.29, 1.82) is 0 Å². The molecule has 0 saturated heterocycles. The van der Waals surface area contributed by atoms with Crippen molar-refractivity contribution in [2.45, 2.75) is 63.3 Å². The molecule has 0 saturated carbocycles. The highest BCUT2D eigenvalue weighted by atomic mass is 79.9. The van der Waals surface area contributed by atoms with Crippen LogP contribution < -0.4 is 15.4 Å². The van der Waals surface area contributed by atoms with E-state index in [1.54, 1.807) is 30.5 Å². The molecule has 0 aliphatic rings. The largest absolute Gasteiger partial charge is 0.394 e. The monoisotopic (exact) mass is 513 g/mol. The molecule has 1 aromatic heterocycles. The van der Waals surface area contributed by atoms with E-state index in [9.17, 15) is 13.5 Å². The van der Waals surface area contributed by atoms with Gasteiger partial charge in [-0.25, -0.2) is 18.1 Å². The molecule has 4 N–H and O–H groups in total. The molecule has 0 aliphatic carbocycles. The van der Waals surface area contributed by atoms with E-state index >= 15 is 0 Å². The van der Waals surface area contributed by atoms with E-state index in [1.165, 1.54) is 6.42 Å². The van der Waals surface area contributed by atoms with E-state index in [2.05, 4.69) is 48.2 Å². The molecule has 1 aromatic carbocycles. The molecular weight excluding hydrogens is 482 g/mol. The van der Waals surface area contributed by atoms with Crippen LogP contribution in [0.3, 0.4) is 0 Å². The maximum atomic E-state index is 12.6. The number of rotatable bonds is 14. The SMILES string of the molecule is CCCCCCCNS(=O)(=O)c1cccc(Nc2ncc(Br)c(N[C@H](CC)CO)n2)c1. The second-order valence-corrected chi connectivity index (χ2v) is 9.91. The number of nitrogens with one attached hydrogen (secondary N) is 3. The summed E-state index contributed by atoms with van der Waals surface area (Å²) >= 11 is 3.40. The van der Waals surface area contributed by atoms with Crippen LogP contribution in [-0.2, 0) is 10.0 Å². The molecule has 8 nitrogen and oxygen atoms in total. The topological polar surface area (TPSA) is 116 Å². The van der Waals surface area contributed by atoms with Crippen LogP contribution in [0, 0.1) is 0 Å². The van der Waals surface area contributed by atoms with Gasteiger partial charge in [0, 0.05) is 18.4 Å². The van der Waals surface area contributed by atoms with Crippen LogP contribution in [-0.4, -0.2) is 42.7 Å². The van der Waals surface area contributed by atoms with Gasteiger partial charge in [0.15, 0.2) is 0 Å². The summed E-state index contributed by atoms with van der Waals surface area (Å²) in [6, 6.07) is 6.42. The summed E-state index contributed by atoms with van der Waals surface area (Å²) in [5.74, 6) is 0.865. The molecule has 2 aromatic rings. The van der Waals surface area contributed by atoms with Crippen molar-refractivity contribution in [3.63, 3.8) is 0 Å². The quantitative estimate of drug-likeness (QED) is 0.276. The van der Waals surface area contributed by atoms with Gasteiger partial charge in [-0.1, -0.05) is 45.6 Å². The lowest BCUT2D eigenvalue weighted by atomic mass is 10.2. The minimum Gasteiger partial charge on any atom is -0.394 e. The highest BCUT2D eigenvalue weighted by Gasteiger charge is 2.15. The van der Waals surface area contributed by atoms with Crippen LogP contribution in [0.2, 0.25) is 0 Å². The number of sulfonamides is 1. The number of benzene rings is 1. The van der Waals surface area contributed by atoms with Gasteiger partial charge >= 0.3 is 0 Å². The molecular formula is C21H32BrN5O3S. The van der Waals surface area contributed by atoms with Gasteiger partial charge in [0.2, 0.25) is 16.0 Å². The third-order valence-corrected chi connectivity index (χ3v) is 6.81. The number of aliphatic hydroxyl groups excluding tert-OH is 1. The van der Waals surface area contributed by atoms with E-state index in [4.69, 9.17) is 0 Å². The van der Waals surface area contributed by atoms with Gasteiger partial charge in [0.1, 0.15) is 5.82 Å². The number of anilines is 3. The third kappa shape index (κ3) is 8.36. The van der Waals surface area contributed by atoms with Gasteiger partial charge in [-0.2, -0.15) is 4.98 Å². The summed E-state index contributed by atoms with van der Waals surface area (Å²) in [4.78, 5) is 8.85. The lowest BCUT2D eigenvalue weighted by Gasteiger charge is -2.16. The van der Waals surface area contributed by atoms with Gasteiger partial charge in [-0.15, -0.1) is 0 Å². The van der Waals surface area contributed by atoms with Crippen LogP contribution in [0.1, 0.15) is 52.4 Å². The normalized spacial score (nSPS) is 12.5. The zero-order valence-corrected chi connectivity index (χ0v) is 20.5. The Morgan fingerprint density at radius 3 is 2.65 bits per heavy atom. The van der Waals surface area contributed by atoms with Gasteiger partial charge in [-0.3, -0.25) is 0 Å². The first-order chi connectivity index (χ1) is 14.9. The number of aromatic nitrogens is 2. The molecule has 0 fully saturated rings. The van der Waals surface area contributed by atoms with E-state index in [0.717, 1.165) is 32.1 Å². The molecule has 0 amide bonds. The Morgan fingerprint density at radius 1 is 1.16 bits per heavy atom. The summed E-state index contributed by atoms with van der Waals surface area (Å²) in [6.45, 7) is 4.53. The van der Waals surface area contributed by atoms with Crippen molar-refractivity contribution >= 4 is 43.4 Å². The van der Waals surface area contributed by atoms with Crippen molar-refractivity contribution in [2.75, 3.05) is 23.8 Å². The van der Waals surface area contributed by atoms with E-state index in [1.807, 2.05) is 6.92 Å². The molecule has 0 unspecified atom stereocenters. The number of aliphatic hydroxyl groups is 1. The first-order valence-corrected chi connectivity index (χ1v) is 12.9. The molecule has 2 rings (SSSR count). The molecule has 31 heavy (non-hydrogen) atoms. The van der Waals surface area contributed by atoms with Crippen molar-refractivity contribution in [3.05, 3.63) is 34.9 Å². The lowest BCUT2D eigenvalue weighted by Crippen LogP contribution is -2.24. The van der Waals surface area contributed by atoms with E-state index in [0.29, 0.717) is 28.5 Å². The second-order valence-electron chi connectivity index (χ2n) is 7.29. The average Bonchev–Trinajstić information content (AvgIpc) is 2.76. The van der Waals surface area contributed by atoms with Crippen molar-refractivity contribution in [2.24, 2.45) is 0 Å². The van der Waals surface area contributed by atoms with Crippen LogP contribution in [0.15, 0.2) is 39.8 Å². The van der Waals surface area contributed by atoms with E-state index in [-0.39, 0.29) is 17.5 Å². The van der Waals surface area contributed by atoms with E-state index < -0.39 is 10.0 Å². The zero-order valence-electron chi connectivity index (χ0n) is 18.1. The summed E-state index contributed by atoms with van der Waals surface area (Å²) < 4.78 is 28.5. The predicted octanol–water partition coefficient (Wildman–Crippen LogP) is 4.41. The zero-order chi connectivity index (χ0) is 22.7. The average molecular weight is 514 g/mol. The molecule has 1 heterocycles. The van der Waals surface area contributed by atoms with Crippen molar-refractivity contribution < 1.29 is 13.5 Å². The van der Waals surface area contributed by atoms with Crippen LogP contribution in [0.4, 0.5) is 17.5 Å². The fourth-order valence-electron chi connectivity index (χ4n) is 2.89. The first-order valence-electron chi connectivity index (χ1n) is 10.7. The third-order valence-electron chi connectivity index (χ3n) is 4.77. The minimum absolute atomic E-state index is 0.0127. The fraction of sp³-hybridized carbons (Fsp3) is 0.524. The summed E-state index contributed by atoms with van der Waals surface area (Å²) in [7, 11) is -3.58. The maximum absolute atomic E-state index is 12.6. The molecule has 172 valence electrons. The Hall–Kier alpha value is -1.75. The number of hydrogen-bond acceptors (Lipinski definition) is 7. The molecule has 10 heteroatoms. The number of unbranched alkanes of at least 4 members (excludes halogenated alkanes) is 4. The summed E-state index contributed by atoms with van der Waals surface area (Å²) in [5.41, 5.74) is 0.563. The summed E-state index contributed by atoms with van der Waals surface area (Å²) in [5, 5.41) is 15.6. The minimum atomic E-state index is -3.58. The molecule has 0 spiro atoms. The molecule has 0 aliphatic heterocycles. The Labute approximate surface area is 193 Å². The lowest BCUT2D eigenvalue weighted by molar-refractivity contribution is 0.271. The molecule has 0 bridgehead atoms. The highest BCUT2D eigenvalue weighted by molar-refractivity contribution is 9.10. The van der Waals surface area contributed by atoms with Crippen molar-refractivity contribution in [1.82, 2.24) is 14.7 Å². The van der Waals surface area contributed by atoms with Crippen LogP contribution in [0.25, 0.3) is 0 Å². The summed E-state index contributed by atoms with van der Waals surface area (Å²) in [6.07, 6.45) is 7.64. The number of halogens is 1.